The monoisotopic (exact) mass is 258 g/mol. The van der Waals surface area contributed by atoms with Crippen LogP contribution in [0, 0.1) is 17.3 Å². The fourth-order valence-corrected chi connectivity index (χ4v) is 2.95. The van der Waals surface area contributed by atoms with Gasteiger partial charge in [0.15, 0.2) is 0 Å². The third-order valence-electron chi connectivity index (χ3n) is 3.80. The van der Waals surface area contributed by atoms with Crippen LogP contribution >= 0.6 is 11.6 Å². The van der Waals surface area contributed by atoms with Crippen LogP contribution in [-0.4, -0.2) is 18.3 Å². The summed E-state index contributed by atoms with van der Waals surface area (Å²) in [5, 5.41) is -0.272. The zero-order chi connectivity index (χ0) is 13.1. The molecule has 0 bridgehead atoms. The fraction of sp³-hybridized carbons (Fsp3) is 0.692. The molecular formula is C13H19ClO3. The maximum atomic E-state index is 11.4. The summed E-state index contributed by atoms with van der Waals surface area (Å²) < 4.78 is 4.56. The summed E-state index contributed by atoms with van der Waals surface area (Å²) in [4.78, 5) is 22.5. The maximum absolute atomic E-state index is 11.4. The maximum Gasteiger partial charge on any atom is 0.330 e. The smallest absolute Gasteiger partial charge is 0.330 e. The average Bonchev–Trinajstić information content (AvgIpc) is 2.25. The Morgan fingerprint density at radius 3 is 2.53 bits per heavy atom. The molecule has 0 amide bonds. The van der Waals surface area contributed by atoms with Gasteiger partial charge in [0.1, 0.15) is 0 Å². The van der Waals surface area contributed by atoms with Crippen molar-refractivity contribution in [1.82, 2.24) is 0 Å². The van der Waals surface area contributed by atoms with Crippen LogP contribution < -0.4 is 0 Å². The van der Waals surface area contributed by atoms with Crippen molar-refractivity contribution in [3.63, 3.8) is 0 Å². The number of methoxy groups -OCH3 is 1. The number of carbonyl (C=O) groups excluding carboxylic acids is 2. The first-order chi connectivity index (χ1) is 7.89. The second kappa shape index (κ2) is 5.67. The van der Waals surface area contributed by atoms with E-state index in [9.17, 15) is 9.59 Å². The van der Waals surface area contributed by atoms with E-state index in [1.807, 2.05) is 19.9 Å². The van der Waals surface area contributed by atoms with Crippen molar-refractivity contribution in [2.45, 2.75) is 33.1 Å². The van der Waals surface area contributed by atoms with Crippen molar-refractivity contribution in [2.24, 2.45) is 17.3 Å². The quantitative estimate of drug-likeness (QED) is 0.444. The fourth-order valence-electron chi connectivity index (χ4n) is 2.56. The summed E-state index contributed by atoms with van der Waals surface area (Å²) in [5.41, 5.74) is -0.207. The van der Waals surface area contributed by atoms with E-state index in [0.717, 1.165) is 19.3 Å². The molecule has 2 atom stereocenters. The van der Waals surface area contributed by atoms with Crippen LogP contribution in [0.15, 0.2) is 12.2 Å². The van der Waals surface area contributed by atoms with Gasteiger partial charge in [-0.25, -0.2) is 4.79 Å². The van der Waals surface area contributed by atoms with Crippen LogP contribution in [0.3, 0.4) is 0 Å². The topological polar surface area (TPSA) is 43.4 Å². The van der Waals surface area contributed by atoms with Gasteiger partial charge in [-0.15, -0.1) is 0 Å². The summed E-state index contributed by atoms with van der Waals surface area (Å²) in [5.74, 6) is -0.312. The van der Waals surface area contributed by atoms with E-state index in [4.69, 9.17) is 11.6 Å². The first-order valence-corrected chi connectivity index (χ1v) is 6.23. The van der Waals surface area contributed by atoms with Gasteiger partial charge >= 0.3 is 5.97 Å². The lowest BCUT2D eigenvalue weighted by molar-refractivity contribution is -0.134. The molecule has 96 valence electrons. The van der Waals surface area contributed by atoms with E-state index in [1.165, 1.54) is 13.2 Å². The predicted octanol–water partition coefficient (Wildman–Crippen LogP) is 2.92. The van der Waals surface area contributed by atoms with Gasteiger partial charge in [0, 0.05) is 12.0 Å². The summed E-state index contributed by atoms with van der Waals surface area (Å²) >= 11 is 5.64. The largest absolute Gasteiger partial charge is 0.466 e. The van der Waals surface area contributed by atoms with Crippen molar-refractivity contribution in [2.75, 3.05) is 7.11 Å². The summed E-state index contributed by atoms with van der Waals surface area (Å²) in [6.45, 7) is 4.06. The Hall–Kier alpha value is -0.830. The van der Waals surface area contributed by atoms with E-state index in [0.29, 0.717) is 0 Å². The molecule has 1 fully saturated rings. The lowest BCUT2D eigenvalue weighted by atomic mass is 9.62. The molecule has 0 heterocycles. The zero-order valence-electron chi connectivity index (χ0n) is 10.5. The first-order valence-electron chi connectivity index (χ1n) is 5.85. The number of allylic oxidation sites excluding steroid dienone is 1. The highest BCUT2D eigenvalue weighted by atomic mass is 35.5. The molecular weight excluding hydrogens is 240 g/mol. The Balaban J connectivity index is 2.82. The van der Waals surface area contributed by atoms with E-state index < -0.39 is 0 Å². The average molecular weight is 259 g/mol. The van der Waals surface area contributed by atoms with Crippen LogP contribution in [0.1, 0.15) is 33.1 Å². The van der Waals surface area contributed by atoms with Crippen LogP contribution in [0.25, 0.3) is 0 Å². The minimum absolute atomic E-state index is 0.134. The van der Waals surface area contributed by atoms with Crippen LogP contribution in [0.2, 0.25) is 0 Å². The SMILES string of the molecule is COC(=O)/C=C/C1CCCC(C(=O)Cl)C1(C)C. The standard InChI is InChI=1S/C13H19ClO3/c1-13(2)9(7-8-11(15)17-3)5-4-6-10(13)12(14)16/h7-10H,4-6H2,1-3H3/b8-7+. The van der Waals surface area contributed by atoms with Crippen LogP contribution in [-0.2, 0) is 14.3 Å². The third-order valence-corrected chi connectivity index (χ3v) is 4.06. The summed E-state index contributed by atoms with van der Waals surface area (Å²) in [7, 11) is 1.35. The van der Waals surface area contributed by atoms with Crippen LogP contribution in [0.5, 0.6) is 0 Å². The molecule has 0 saturated heterocycles. The van der Waals surface area contributed by atoms with Crippen molar-refractivity contribution in [1.29, 1.82) is 0 Å². The van der Waals surface area contributed by atoms with Gasteiger partial charge in [-0.2, -0.15) is 0 Å². The second-order valence-electron chi connectivity index (χ2n) is 5.10. The number of hydrogen-bond acceptors (Lipinski definition) is 3. The zero-order valence-corrected chi connectivity index (χ0v) is 11.3. The highest BCUT2D eigenvalue weighted by Gasteiger charge is 2.42. The molecule has 0 spiro atoms. The van der Waals surface area contributed by atoms with Gasteiger partial charge in [0.2, 0.25) is 5.24 Å². The molecule has 0 aromatic carbocycles. The molecule has 0 aromatic heterocycles. The van der Waals surface area contributed by atoms with Gasteiger partial charge < -0.3 is 4.74 Å². The van der Waals surface area contributed by atoms with Gasteiger partial charge in [-0.05, 0) is 35.8 Å². The predicted molar refractivity (Wildman–Crippen MR) is 66.6 cm³/mol. The molecule has 1 aliphatic carbocycles. The molecule has 17 heavy (non-hydrogen) atoms. The molecule has 4 heteroatoms. The minimum atomic E-state index is -0.361. The third kappa shape index (κ3) is 3.32. The van der Waals surface area contributed by atoms with Gasteiger partial charge in [0.25, 0.3) is 0 Å². The van der Waals surface area contributed by atoms with E-state index >= 15 is 0 Å². The molecule has 1 rings (SSSR count). The molecule has 1 aliphatic rings. The van der Waals surface area contributed by atoms with Gasteiger partial charge in [-0.3, -0.25) is 4.79 Å². The second-order valence-corrected chi connectivity index (χ2v) is 5.47. The summed E-state index contributed by atoms with van der Waals surface area (Å²) in [6.07, 6.45) is 6.05. The van der Waals surface area contributed by atoms with E-state index in [2.05, 4.69) is 4.74 Å². The highest BCUT2D eigenvalue weighted by molar-refractivity contribution is 6.64. The van der Waals surface area contributed by atoms with Gasteiger partial charge in [0.05, 0.1) is 7.11 Å². The molecule has 1 saturated carbocycles. The number of rotatable bonds is 3. The molecule has 0 aromatic rings. The minimum Gasteiger partial charge on any atom is -0.466 e. The lowest BCUT2D eigenvalue weighted by Crippen LogP contribution is -2.38. The van der Waals surface area contributed by atoms with Crippen LogP contribution in [0.4, 0.5) is 0 Å². The van der Waals surface area contributed by atoms with Crippen molar-refractivity contribution in [3.05, 3.63) is 12.2 Å². The molecule has 2 unspecified atom stereocenters. The molecule has 0 radical (unpaired) electrons. The van der Waals surface area contributed by atoms with Crippen molar-refractivity contribution in [3.8, 4) is 0 Å². The Bertz CT molecular complexity index is 334. The highest BCUT2D eigenvalue weighted by Crippen LogP contribution is 2.46. The summed E-state index contributed by atoms with van der Waals surface area (Å²) in [6, 6.07) is 0. The lowest BCUT2D eigenvalue weighted by Gasteiger charge is -2.42. The Morgan fingerprint density at radius 2 is 2.00 bits per heavy atom. The molecule has 3 nitrogen and oxygen atoms in total. The normalized spacial score (nSPS) is 28.0. The number of carbonyl (C=O) groups is 2. The Morgan fingerprint density at radius 1 is 1.35 bits per heavy atom. The Labute approximate surface area is 107 Å². The molecule has 0 N–H and O–H groups in total. The molecule has 0 aliphatic heterocycles. The Kier molecular flexibility index (Phi) is 4.75. The number of esters is 1. The number of ether oxygens (including phenoxy) is 1. The van der Waals surface area contributed by atoms with Crippen molar-refractivity contribution >= 4 is 22.8 Å². The van der Waals surface area contributed by atoms with Gasteiger partial charge in [-0.1, -0.05) is 26.3 Å². The number of halogens is 1. The van der Waals surface area contributed by atoms with E-state index in [1.54, 1.807) is 0 Å². The number of hydrogen-bond donors (Lipinski definition) is 0. The van der Waals surface area contributed by atoms with E-state index in [-0.39, 0.29) is 28.5 Å². The first kappa shape index (κ1) is 14.2. The van der Waals surface area contributed by atoms with Crippen molar-refractivity contribution < 1.29 is 14.3 Å².